The van der Waals surface area contributed by atoms with Crippen LogP contribution in [0.1, 0.15) is 21.6 Å². The summed E-state index contributed by atoms with van der Waals surface area (Å²) in [7, 11) is 1.63. The molecule has 2 aromatic carbocycles. The highest BCUT2D eigenvalue weighted by Crippen LogP contribution is 2.23. The number of hydrogen-bond acceptors (Lipinski definition) is 5. The zero-order valence-corrected chi connectivity index (χ0v) is 16.3. The monoisotopic (exact) mass is 402 g/mol. The van der Waals surface area contributed by atoms with Crippen LogP contribution in [0.2, 0.25) is 5.02 Å². The molecule has 0 aliphatic heterocycles. The number of carbonyl (C=O) groups excluding carboxylic acids is 1. The Labute approximate surface area is 167 Å². The Morgan fingerprint density at radius 1 is 1.19 bits per heavy atom. The van der Waals surface area contributed by atoms with E-state index >= 15 is 0 Å². The van der Waals surface area contributed by atoms with Crippen LogP contribution in [0, 0.1) is 0 Å². The standard InChI is InChI=1S/C20H19ClN2O3S/c1-26-18-8-2-14(3-9-18)11-23-17(12-24)10-22-20(23)27-13-19(25)15-4-6-16(21)7-5-15/h2-10,24H,11-13H2,1H3. The molecule has 0 unspecified atom stereocenters. The number of halogens is 1. The lowest BCUT2D eigenvalue weighted by Gasteiger charge is -2.11. The third-order valence-corrected chi connectivity index (χ3v) is 5.30. The lowest BCUT2D eigenvalue weighted by Crippen LogP contribution is -2.08. The molecule has 7 heteroatoms. The molecule has 5 nitrogen and oxygen atoms in total. The van der Waals surface area contributed by atoms with Crippen LogP contribution in [0.4, 0.5) is 0 Å². The van der Waals surface area contributed by atoms with Crippen molar-refractivity contribution in [2.24, 2.45) is 0 Å². The number of thioether (sulfide) groups is 1. The third-order valence-electron chi connectivity index (χ3n) is 4.06. The van der Waals surface area contributed by atoms with Gasteiger partial charge in [-0.05, 0) is 42.0 Å². The molecular formula is C20H19ClN2O3S. The molecule has 0 saturated heterocycles. The number of methoxy groups -OCH3 is 1. The summed E-state index contributed by atoms with van der Waals surface area (Å²) in [6, 6.07) is 14.6. The molecule has 0 aliphatic carbocycles. The number of Topliss-reactive ketones (excluding diaryl/α,β-unsaturated/α-hetero) is 1. The molecule has 0 spiro atoms. The van der Waals surface area contributed by atoms with Gasteiger partial charge in [0, 0.05) is 17.1 Å². The molecule has 0 bridgehead atoms. The van der Waals surface area contributed by atoms with Crippen LogP contribution in [0.5, 0.6) is 5.75 Å². The molecule has 3 rings (SSSR count). The fraction of sp³-hybridized carbons (Fsp3) is 0.200. The van der Waals surface area contributed by atoms with Crippen LogP contribution in [0.25, 0.3) is 0 Å². The molecule has 0 amide bonds. The Morgan fingerprint density at radius 2 is 1.89 bits per heavy atom. The molecule has 1 heterocycles. The van der Waals surface area contributed by atoms with Crippen molar-refractivity contribution in [3.05, 3.63) is 76.6 Å². The van der Waals surface area contributed by atoms with Gasteiger partial charge in [0.25, 0.3) is 0 Å². The molecule has 0 aliphatic rings. The molecule has 0 fully saturated rings. The van der Waals surface area contributed by atoms with Crippen molar-refractivity contribution in [1.82, 2.24) is 9.55 Å². The minimum Gasteiger partial charge on any atom is -0.497 e. The maximum absolute atomic E-state index is 12.4. The highest BCUT2D eigenvalue weighted by molar-refractivity contribution is 7.99. The molecular weight excluding hydrogens is 384 g/mol. The topological polar surface area (TPSA) is 64.3 Å². The predicted molar refractivity (Wildman–Crippen MR) is 107 cm³/mol. The van der Waals surface area contributed by atoms with Crippen molar-refractivity contribution >= 4 is 29.1 Å². The average molecular weight is 403 g/mol. The number of rotatable bonds is 8. The van der Waals surface area contributed by atoms with Gasteiger partial charge >= 0.3 is 0 Å². The number of imidazole rings is 1. The molecule has 140 valence electrons. The molecule has 27 heavy (non-hydrogen) atoms. The summed E-state index contributed by atoms with van der Waals surface area (Å²) < 4.78 is 7.10. The van der Waals surface area contributed by atoms with E-state index in [4.69, 9.17) is 16.3 Å². The van der Waals surface area contributed by atoms with Gasteiger partial charge in [0.2, 0.25) is 0 Å². The van der Waals surface area contributed by atoms with Gasteiger partial charge in [0.1, 0.15) is 5.75 Å². The highest BCUT2D eigenvalue weighted by Gasteiger charge is 2.14. The smallest absolute Gasteiger partial charge is 0.173 e. The normalized spacial score (nSPS) is 10.8. The van der Waals surface area contributed by atoms with Crippen LogP contribution in [-0.4, -0.2) is 33.3 Å². The number of hydrogen-bond donors (Lipinski definition) is 1. The lowest BCUT2D eigenvalue weighted by atomic mass is 10.1. The summed E-state index contributed by atoms with van der Waals surface area (Å²) in [5.41, 5.74) is 2.36. The van der Waals surface area contributed by atoms with Gasteiger partial charge in [-0.15, -0.1) is 0 Å². The van der Waals surface area contributed by atoms with E-state index in [-0.39, 0.29) is 18.1 Å². The molecule has 3 aromatic rings. The summed E-state index contributed by atoms with van der Waals surface area (Å²) in [5.74, 6) is 1.04. The molecule has 1 N–H and O–H groups in total. The number of benzene rings is 2. The zero-order chi connectivity index (χ0) is 19.2. The van der Waals surface area contributed by atoms with E-state index in [0.717, 1.165) is 11.3 Å². The van der Waals surface area contributed by atoms with Gasteiger partial charge in [-0.3, -0.25) is 4.79 Å². The van der Waals surface area contributed by atoms with E-state index in [9.17, 15) is 9.90 Å². The second-order valence-corrected chi connectivity index (χ2v) is 7.22. The van der Waals surface area contributed by atoms with Gasteiger partial charge in [0.05, 0.1) is 31.4 Å². The van der Waals surface area contributed by atoms with Crippen molar-refractivity contribution in [2.45, 2.75) is 18.3 Å². The number of aliphatic hydroxyl groups excluding tert-OH is 1. The van der Waals surface area contributed by atoms with Gasteiger partial charge in [0.15, 0.2) is 10.9 Å². The largest absolute Gasteiger partial charge is 0.497 e. The fourth-order valence-corrected chi connectivity index (χ4v) is 3.58. The second-order valence-electron chi connectivity index (χ2n) is 5.84. The van der Waals surface area contributed by atoms with Crippen LogP contribution < -0.4 is 4.74 Å². The minimum absolute atomic E-state index is 0.00112. The van der Waals surface area contributed by atoms with Gasteiger partial charge in [-0.25, -0.2) is 4.98 Å². The Bertz CT molecular complexity index is 908. The summed E-state index contributed by atoms with van der Waals surface area (Å²) in [5, 5.41) is 10.9. The van der Waals surface area contributed by atoms with Crippen LogP contribution >= 0.6 is 23.4 Å². The SMILES string of the molecule is COc1ccc(Cn2c(CO)cnc2SCC(=O)c2ccc(Cl)cc2)cc1. The van der Waals surface area contributed by atoms with E-state index in [1.54, 1.807) is 37.6 Å². The Hall–Kier alpha value is -2.28. The average Bonchev–Trinajstić information content (AvgIpc) is 3.08. The number of aromatic nitrogens is 2. The van der Waals surface area contributed by atoms with E-state index in [1.807, 2.05) is 28.8 Å². The Morgan fingerprint density at radius 3 is 2.52 bits per heavy atom. The maximum Gasteiger partial charge on any atom is 0.173 e. The molecule has 0 radical (unpaired) electrons. The van der Waals surface area contributed by atoms with Gasteiger partial charge in [-0.2, -0.15) is 0 Å². The van der Waals surface area contributed by atoms with Gasteiger partial charge < -0.3 is 14.4 Å². The molecule has 1 aromatic heterocycles. The van der Waals surface area contributed by atoms with Crippen molar-refractivity contribution in [1.29, 1.82) is 0 Å². The lowest BCUT2D eigenvalue weighted by molar-refractivity contribution is 0.102. The first-order chi connectivity index (χ1) is 13.1. The van der Waals surface area contributed by atoms with E-state index in [0.29, 0.717) is 28.0 Å². The number of carbonyl (C=O) groups is 1. The molecule has 0 saturated carbocycles. The first-order valence-electron chi connectivity index (χ1n) is 8.30. The second kappa shape index (κ2) is 9.08. The zero-order valence-electron chi connectivity index (χ0n) is 14.8. The Kier molecular flexibility index (Phi) is 6.55. The number of nitrogens with zero attached hydrogens (tertiary/aromatic N) is 2. The first kappa shape index (κ1) is 19.5. The summed E-state index contributed by atoms with van der Waals surface area (Å²) in [4.78, 5) is 16.7. The first-order valence-corrected chi connectivity index (χ1v) is 9.67. The van der Waals surface area contributed by atoms with Crippen molar-refractivity contribution in [2.75, 3.05) is 12.9 Å². The number of aliphatic hydroxyl groups is 1. The van der Waals surface area contributed by atoms with E-state index < -0.39 is 0 Å². The van der Waals surface area contributed by atoms with Crippen molar-refractivity contribution in [3.63, 3.8) is 0 Å². The Balaban J connectivity index is 1.72. The maximum atomic E-state index is 12.4. The van der Waals surface area contributed by atoms with E-state index in [2.05, 4.69) is 4.98 Å². The number of ether oxygens (including phenoxy) is 1. The van der Waals surface area contributed by atoms with Crippen LogP contribution in [0.3, 0.4) is 0 Å². The van der Waals surface area contributed by atoms with Gasteiger partial charge in [-0.1, -0.05) is 35.5 Å². The summed E-state index contributed by atoms with van der Waals surface area (Å²) >= 11 is 7.21. The highest BCUT2D eigenvalue weighted by atomic mass is 35.5. The van der Waals surface area contributed by atoms with Crippen molar-refractivity contribution in [3.8, 4) is 5.75 Å². The van der Waals surface area contributed by atoms with Crippen LogP contribution in [0.15, 0.2) is 59.9 Å². The third kappa shape index (κ3) is 4.91. The minimum atomic E-state index is -0.116. The van der Waals surface area contributed by atoms with Crippen LogP contribution in [-0.2, 0) is 13.2 Å². The molecule has 0 atom stereocenters. The van der Waals surface area contributed by atoms with E-state index in [1.165, 1.54) is 11.8 Å². The summed E-state index contributed by atoms with van der Waals surface area (Å²) in [6.45, 7) is 0.437. The quantitative estimate of drug-likeness (QED) is 0.454. The van der Waals surface area contributed by atoms with Crippen molar-refractivity contribution < 1.29 is 14.6 Å². The number of ketones is 1. The predicted octanol–water partition coefficient (Wildman–Crippen LogP) is 4.06. The summed E-state index contributed by atoms with van der Waals surface area (Å²) in [6.07, 6.45) is 1.64. The fourth-order valence-electron chi connectivity index (χ4n) is 2.57.